The lowest BCUT2D eigenvalue weighted by Gasteiger charge is -2.09. The maximum absolute atomic E-state index is 12.3. The van der Waals surface area contributed by atoms with Crippen LogP contribution in [0, 0.1) is 6.92 Å². The fourth-order valence-electron chi connectivity index (χ4n) is 1.96. The summed E-state index contributed by atoms with van der Waals surface area (Å²) in [5.41, 5.74) is 3.23. The molecule has 0 aliphatic heterocycles. The Bertz CT molecular complexity index is 711. The number of carbonyl (C=O) groups excluding carboxylic acids is 1. The summed E-state index contributed by atoms with van der Waals surface area (Å²) in [6.07, 6.45) is 0. The number of benzene rings is 2. The number of nitrogens with zero attached hydrogens (tertiary/aromatic N) is 1. The van der Waals surface area contributed by atoms with Gasteiger partial charge >= 0.3 is 0 Å². The smallest absolute Gasteiger partial charge is 0.255 e. The minimum atomic E-state index is -0.208. The number of oxime groups is 1. The van der Waals surface area contributed by atoms with Crippen molar-refractivity contribution in [2.45, 2.75) is 13.8 Å². The fraction of sp³-hybridized carbons (Fsp3) is 0.125. The predicted molar refractivity (Wildman–Crippen MR) is 84.6 cm³/mol. The molecule has 2 N–H and O–H groups in total. The Labute approximate surface area is 128 Å². The number of rotatable bonds is 3. The van der Waals surface area contributed by atoms with Crippen LogP contribution in [0.2, 0.25) is 5.02 Å². The standard InChI is InChI=1S/C16H15ClN2O2/c1-10-8-13(17)6-7-15(10)16(20)18-14-5-3-4-12(9-14)11(2)19-21/h3-9,21H,1-2H3,(H,18,20)/b19-11-. The van der Waals surface area contributed by atoms with E-state index in [2.05, 4.69) is 10.5 Å². The Morgan fingerprint density at radius 2 is 2.00 bits per heavy atom. The molecule has 0 saturated heterocycles. The van der Waals surface area contributed by atoms with Gasteiger partial charge in [0.15, 0.2) is 0 Å². The average molecular weight is 303 g/mol. The number of hydrogen-bond acceptors (Lipinski definition) is 3. The molecule has 108 valence electrons. The zero-order valence-corrected chi connectivity index (χ0v) is 12.5. The van der Waals surface area contributed by atoms with E-state index in [-0.39, 0.29) is 5.91 Å². The summed E-state index contributed by atoms with van der Waals surface area (Å²) in [7, 11) is 0. The molecular formula is C16H15ClN2O2. The minimum Gasteiger partial charge on any atom is -0.411 e. The van der Waals surface area contributed by atoms with E-state index in [4.69, 9.17) is 16.8 Å². The molecule has 0 saturated carbocycles. The highest BCUT2D eigenvalue weighted by atomic mass is 35.5. The molecule has 0 aromatic heterocycles. The van der Waals surface area contributed by atoms with Crippen LogP contribution in [0.5, 0.6) is 0 Å². The zero-order valence-electron chi connectivity index (χ0n) is 11.7. The maximum atomic E-state index is 12.3. The van der Waals surface area contributed by atoms with E-state index in [0.717, 1.165) is 11.1 Å². The first-order valence-corrected chi connectivity index (χ1v) is 6.75. The third-order valence-corrected chi connectivity index (χ3v) is 3.36. The highest BCUT2D eigenvalue weighted by Gasteiger charge is 2.10. The van der Waals surface area contributed by atoms with Gasteiger partial charge in [-0.25, -0.2) is 0 Å². The lowest BCUT2D eigenvalue weighted by Crippen LogP contribution is -2.13. The first kappa shape index (κ1) is 15.1. The molecule has 2 rings (SSSR count). The molecule has 0 bridgehead atoms. The van der Waals surface area contributed by atoms with E-state index in [1.165, 1.54) is 0 Å². The fourth-order valence-corrected chi connectivity index (χ4v) is 2.19. The molecule has 0 spiro atoms. The number of hydrogen-bond donors (Lipinski definition) is 2. The molecule has 1 amide bonds. The van der Waals surface area contributed by atoms with Gasteiger partial charge in [-0.05, 0) is 49.7 Å². The largest absolute Gasteiger partial charge is 0.411 e. The summed E-state index contributed by atoms with van der Waals surface area (Å²) in [5.74, 6) is -0.208. The zero-order chi connectivity index (χ0) is 15.4. The van der Waals surface area contributed by atoms with Crippen molar-refractivity contribution in [1.82, 2.24) is 0 Å². The van der Waals surface area contributed by atoms with Gasteiger partial charge in [0.1, 0.15) is 0 Å². The van der Waals surface area contributed by atoms with Crippen LogP contribution in [0.15, 0.2) is 47.6 Å². The summed E-state index contributed by atoms with van der Waals surface area (Å²) in [4.78, 5) is 12.3. The van der Waals surface area contributed by atoms with Crippen LogP contribution in [0.4, 0.5) is 5.69 Å². The molecule has 0 unspecified atom stereocenters. The van der Waals surface area contributed by atoms with Crippen LogP contribution in [-0.4, -0.2) is 16.8 Å². The Morgan fingerprint density at radius 1 is 1.24 bits per heavy atom. The summed E-state index contributed by atoms with van der Waals surface area (Å²) in [5, 5.41) is 15.4. The molecular weight excluding hydrogens is 288 g/mol. The first-order chi connectivity index (χ1) is 10.0. The molecule has 2 aromatic rings. The monoisotopic (exact) mass is 302 g/mol. The number of nitrogens with one attached hydrogen (secondary N) is 1. The molecule has 0 heterocycles. The average Bonchev–Trinajstić information content (AvgIpc) is 2.46. The van der Waals surface area contributed by atoms with E-state index < -0.39 is 0 Å². The van der Waals surface area contributed by atoms with Crippen molar-refractivity contribution < 1.29 is 10.0 Å². The van der Waals surface area contributed by atoms with Gasteiger partial charge in [-0.15, -0.1) is 0 Å². The van der Waals surface area contributed by atoms with Crippen LogP contribution in [-0.2, 0) is 0 Å². The van der Waals surface area contributed by atoms with E-state index in [0.29, 0.717) is 22.0 Å². The van der Waals surface area contributed by atoms with Crippen LogP contribution >= 0.6 is 11.6 Å². The highest BCUT2D eigenvalue weighted by molar-refractivity contribution is 6.30. The Hall–Kier alpha value is -2.33. The number of aryl methyl sites for hydroxylation is 1. The van der Waals surface area contributed by atoms with Gasteiger partial charge in [0.25, 0.3) is 5.91 Å². The lowest BCUT2D eigenvalue weighted by molar-refractivity contribution is 0.102. The van der Waals surface area contributed by atoms with Crippen molar-refractivity contribution in [3.8, 4) is 0 Å². The summed E-state index contributed by atoms with van der Waals surface area (Å²) in [6.45, 7) is 3.52. The van der Waals surface area contributed by atoms with Gasteiger partial charge in [0.2, 0.25) is 0 Å². The molecule has 0 atom stereocenters. The Balaban J connectivity index is 2.23. The van der Waals surface area contributed by atoms with Crippen LogP contribution < -0.4 is 5.32 Å². The minimum absolute atomic E-state index is 0.208. The van der Waals surface area contributed by atoms with Gasteiger partial charge < -0.3 is 10.5 Å². The van der Waals surface area contributed by atoms with Gasteiger partial charge in [0, 0.05) is 21.8 Å². The van der Waals surface area contributed by atoms with Crippen LogP contribution in [0.25, 0.3) is 0 Å². The number of carbonyl (C=O) groups is 1. The van der Waals surface area contributed by atoms with E-state index >= 15 is 0 Å². The second kappa shape index (κ2) is 6.41. The van der Waals surface area contributed by atoms with Crippen molar-refractivity contribution in [2.75, 3.05) is 5.32 Å². The van der Waals surface area contributed by atoms with Crippen molar-refractivity contribution in [1.29, 1.82) is 0 Å². The molecule has 0 radical (unpaired) electrons. The lowest BCUT2D eigenvalue weighted by atomic mass is 10.1. The third kappa shape index (κ3) is 3.61. The van der Waals surface area contributed by atoms with Gasteiger partial charge in [0.05, 0.1) is 5.71 Å². The SMILES string of the molecule is C/C(=N/O)c1cccc(NC(=O)c2ccc(Cl)cc2C)c1. The van der Waals surface area contributed by atoms with Crippen molar-refractivity contribution in [3.05, 3.63) is 64.2 Å². The summed E-state index contributed by atoms with van der Waals surface area (Å²) < 4.78 is 0. The van der Waals surface area contributed by atoms with E-state index in [1.807, 2.05) is 6.92 Å². The van der Waals surface area contributed by atoms with Gasteiger partial charge in [-0.1, -0.05) is 28.9 Å². The molecule has 21 heavy (non-hydrogen) atoms. The van der Waals surface area contributed by atoms with E-state index in [1.54, 1.807) is 49.4 Å². The van der Waals surface area contributed by atoms with Crippen LogP contribution in [0.1, 0.15) is 28.4 Å². The Morgan fingerprint density at radius 3 is 2.67 bits per heavy atom. The second-order valence-corrected chi connectivity index (χ2v) is 5.12. The van der Waals surface area contributed by atoms with E-state index in [9.17, 15) is 4.79 Å². The molecule has 4 nitrogen and oxygen atoms in total. The van der Waals surface area contributed by atoms with Crippen molar-refractivity contribution in [3.63, 3.8) is 0 Å². The van der Waals surface area contributed by atoms with Gasteiger partial charge in [-0.2, -0.15) is 0 Å². The molecule has 5 heteroatoms. The van der Waals surface area contributed by atoms with Gasteiger partial charge in [-0.3, -0.25) is 4.79 Å². The quantitative estimate of drug-likeness (QED) is 0.509. The number of halogens is 1. The number of anilines is 1. The topological polar surface area (TPSA) is 61.7 Å². The van der Waals surface area contributed by atoms with Crippen LogP contribution in [0.3, 0.4) is 0 Å². The third-order valence-electron chi connectivity index (χ3n) is 3.12. The Kier molecular flexibility index (Phi) is 4.60. The molecule has 0 fully saturated rings. The normalized spacial score (nSPS) is 11.3. The second-order valence-electron chi connectivity index (χ2n) is 4.68. The van der Waals surface area contributed by atoms with Crippen molar-refractivity contribution >= 4 is 28.9 Å². The molecule has 0 aliphatic rings. The predicted octanol–water partition coefficient (Wildman–Crippen LogP) is 4.10. The summed E-state index contributed by atoms with van der Waals surface area (Å²) in [6, 6.07) is 12.2. The maximum Gasteiger partial charge on any atom is 0.255 e. The molecule has 2 aromatic carbocycles. The number of amides is 1. The highest BCUT2D eigenvalue weighted by Crippen LogP contribution is 2.18. The van der Waals surface area contributed by atoms with Crippen molar-refractivity contribution in [2.24, 2.45) is 5.16 Å². The molecule has 0 aliphatic carbocycles. The first-order valence-electron chi connectivity index (χ1n) is 6.38. The summed E-state index contributed by atoms with van der Waals surface area (Å²) >= 11 is 5.88.